The summed E-state index contributed by atoms with van der Waals surface area (Å²) in [5, 5.41) is 22.7. The van der Waals surface area contributed by atoms with E-state index in [9.17, 15) is 29.4 Å². The van der Waals surface area contributed by atoms with Gasteiger partial charge in [0.05, 0.1) is 24.3 Å². The van der Waals surface area contributed by atoms with Crippen LogP contribution in [-0.4, -0.2) is 41.2 Å². The highest BCUT2D eigenvalue weighted by Crippen LogP contribution is 2.51. The topological polar surface area (TPSA) is 145 Å². The molecule has 0 aliphatic heterocycles. The number of non-ortho nitro benzene ring substituents is 1. The van der Waals surface area contributed by atoms with Gasteiger partial charge < -0.3 is 19.5 Å². The predicted molar refractivity (Wildman–Crippen MR) is 117 cm³/mol. The minimum Gasteiger partial charge on any atom is -0.480 e. The quantitative estimate of drug-likeness (QED) is 0.274. The summed E-state index contributed by atoms with van der Waals surface area (Å²) in [7, 11) is -3.28. The molecular formula is C21H25N2O8P. The Morgan fingerprint density at radius 1 is 1.03 bits per heavy atom. The first-order valence-corrected chi connectivity index (χ1v) is 11.6. The van der Waals surface area contributed by atoms with Crippen LogP contribution < -0.4 is 5.32 Å². The van der Waals surface area contributed by atoms with E-state index in [0.717, 1.165) is 0 Å². The monoisotopic (exact) mass is 464 g/mol. The molecule has 2 N–H and O–H groups in total. The molecule has 0 saturated carbocycles. The Balaban J connectivity index is 2.06. The lowest BCUT2D eigenvalue weighted by molar-refractivity contribution is -0.384. The van der Waals surface area contributed by atoms with Crippen molar-refractivity contribution in [3.63, 3.8) is 0 Å². The van der Waals surface area contributed by atoms with Gasteiger partial charge >= 0.3 is 13.6 Å². The molecule has 10 nitrogen and oxygen atoms in total. The van der Waals surface area contributed by atoms with Gasteiger partial charge in [-0.2, -0.15) is 0 Å². The van der Waals surface area contributed by atoms with Crippen LogP contribution >= 0.6 is 7.60 Å². The average molecular weight is 464 g/mol. The number of amides is 1. The summed E-state index contributed by atoms with van der Waals surface area (Å²) in [6, 6.07) is 10.4. The molecule has 0 radical (unpaired) electrons. The number of carboxylic acids is 1. The molecule has 0 heterocycles. The zero-order chi connectivity index (χ0) is 23.7. The number of carbonyl (C=O) groups excluding carboxylic acids is 1. The van der Waals surface area contributed by atoms with Gasteiger partial charge in [0.25, 0.3) is 11.6 Å². The number of nitro groups is 1. The van der Waals surface area contributed by atoms with E-state index >= 15 is 0 Å². The lowest BCUT2D eigenvalue weighted by Gasteiger charge is -2.17. The maximum Gasteiger partial charge on any atom is 0.335 e. The fraction of sp³-hybridized carbons (Fsp3) is 0.333. The largest absolute Gasteiger partial charge is 0.480 e. The van der Waals surface area contributed by atoms with E-state index < -0.39 is 30.4 Å². The summed E-state index contributed by atoms with van der Waals surface area (Å²) in [6.45, 7) is 3.91. The third-order valence-corrected chi connectivity index (χ3v) is 6.49. The Bertz CT molecular complexity index is 982. The smallest absolute Gasteiger partial charge is 0.335 e. The summed E-state index contributed by atoms with van der Waals surface area (Å²) in [6.07, 6.45) is 0.0114. The highest BCUT2D eigenvalue weighted by molar-refractivity contribution is 7.53. The first-order valence-electron chi connectivity index (χ1n) is 9.91. The summed E-state index contributed by atoms with van der Waals surface area (Å²) >= 11 is 0. The van der Waals surface area contributed by atoms with E-state index in [0.29, 0.717) is 11.1 Å². The number of hydrogen-bond donors (Lipinski definition) is 2. The molecule has 1 amide bonds. The Kier molecular flexibility index (Phi) is 9.07. The molecule has 0 spiro atoms. The molecule has 11 heteroatoms. The van der Waals surface area contributed by atoms with Gasteiger partial charge in [0.15, 0.2) is 0 Å². The van der Waals surface area contributed by atoms with Crippen LogP contribution in [0, 0.1) is 10.1 Å². The highest BCUT2D eigenvalue weighted by atomic mass is 31.2. The van der Waals surface area contributed by atoms with Crippen molar-refractivity contribution in [2.45, 2.75) is 32.5 Å². The molecule has 0 aromatic heterocycles. The van der Waals surface area contributed by atoms with E-state index in [2.05, 4.69) is 5.32 Å². The Morgan fingerprint density at radius 3 is 2.03 bits per heavy atom. The summed E-state index contributed by atoms with van der Waals surface area (Å²) in [4.78, 5) is 34.3. The van der Waals surface area contributed by atoms with Gasteiger partial charge in [0.1, 0.15) is 6.04 Å². The standard InChI is InChI=1S/C21H25N2O8P/c1-3-30-32(29,31-4-2)14-16-5-9-17(10-6-16)20(24)22-19(21(25)26)13-15-7-11-18(12-8-15)23(27)28/h5-12,19H,3-4,13-14H2,1-2H3,(H,22,24)(H,25,26)/t19-/m0/s1. The highest BCUT2D eigenvalue weighted by Gasteiger charge is 2.25. The second-order valence-electron chi connectivity index (χ2n) is 6.79. The summed E-state index contributed by atoms with van der Waals surface area (Å²) < 4.78 is 23.1. The normalized spacial score (nSPS) is 12.2. The summed E-state index contributed by atoms with van der Waals surface area (Å²) in [5.41, 5.74) is 1.29. The number of aliphatic carboxylic acids is 1. The van der Waals surface area contributed by atoms with E-state index in [1.807, 2.05) is 0 Å². The molecule has 0 fully saturated rings. The van der Waals surface area contributed by atoms with Crippen LogP contribution in [-0.2, 0) is 31.0 Å². The minimum absolute atomic E-state index is 0.0386. The van der Waals surface area contributed by atoms with Crippen LogP contribution in [0.2, 0.25) is 0 Å². The number of benzene rings is 2. The molecule has 2 aromatic rings. The van der Waals surface area contributed by atoms with E-state index in [1.54, 1.807) is 26.0 Å². The van der Waals surface area contributed by atoms with Gasteiger partial charge in [-0.1, -0.05) is 24.3 Å². The van der Waals surface area contributed by atoms with Crippen molar-refractivity contribution >= 4 is 25.2 Å². The molecule has 0 bridgehead atoms. The van der Waals surface area contributed by atoms with Crippen molar-refractivity contribution in [2.75, 3.05) is 13.2 Å². The molecule has 32 heavy (non-hydrogen) atoms. The van der Waals surface area contributed by atoms with Crippen molar-refractivity contribution in [1.29, 1.82) is 0 Å². The maximum absolute atomic E-state index is 12.6. The van der Waals surface area contributed by atoms with Crippen LogP contribution in [0.5, 0.6) is 0 Å². The van der Waals surface area contributed by atoms with E-state index in [4.69, 9.17) is 9.05 Å². The van der Waals surface area contributed by atoms with Gasteiger partial charge in [0, 0.05) is 24.1 Å². The van der Waals surface area contributed by atoms with Gasteiger partial charge in [-0.3, -0.25) is 19.5 Å². The van der Waals surface area contributed by atoms with Crippen LogP contribution in [0.1, 0.15) is 35.3 Å². The van der Waals surface area contributed by atoms with Crippen molar-refractivity contribution in [3.8, 4) is 0 Å². The number of rotatable bonds is 12. The van der Waals surface area contributed by atoms with E-state index in [1.165, 1.54) is 36.4 Å². The van der Waals surface area contributed by atoms with Gasteiger partial charge in [-0.25, -0.2) is 4.79 Å². The second kappa shape index (κ2) is 11.5. The molecule has 0 unspecified atom stereocenters. The van der Waals surface area contributed by atoms with Crippen LogP contribution in [0.15, 0.2) is 48.5 Å². The number of carbonyl (C=O) groups is 2. The minimum atomic E-state index is -3.28. The molecule has 0 aliphatic rings. The van der Waals surface area contributed by atoms with Gasteiger partial charge in [0.2, 0.25) is 0 Å². The molecule has 2 aromatic carbocycles. The first kappa shape index (κ1) is 25.2. The van der Waals surface area contributed by atoms with Crippen molar-refractivity contribution in [2.24, 2.45) is 0 Å². The maximum atomic E-state index is 12.6. The Morgan fingerprint density at radius 2 is 1.56 bits per heavy atom. The Hall–Kier alpha value is -3.07. The third-order valence-electron chi connectivity index (χ3n) is 4.43. The average Bonchev–Trinajstić information content (AvgIpc) is 2.74. The second-order valence-corrected chi connectivity index (χ2v) is 8.85. The SMILES string of the molecule is CCOP(=O)(Cc1ccc(C(=O)N[C@@H](Cc2ccc([N+](=O)[O-])cc2)C(=O)O)cc1)OCC. The molecule has 0 aliphatic carbocycles. The molecule has 0 saturated heterocycles. The zero-order valence-corrected chi connectivity index (χ0v) is 18.6. The van der Waals surface area contributed by atoms with Crippen LogP contribution in [0.3, 0.4) is 0 Å². The molecule has 172 valence electrons. The van der Waals surface area contributed by atoms with Crippen LogP contribution in [0.25, 0.3) is 0 Å². The van der Waals surface area contributed by atoms with E-state index in [-0.39, 0.29) is 37.0 Å². The lowest BCUT2D eigenvalue weighted by Crippen LogP contribution is -2.42. The van der Waals surface area contributed by atoms with Gasteiger partial charge in [-0.15, -0.1) is 0 Å². The molecule has 2 rings (SSSR count). The first-order chi connectivity index (χ1) is 15.2. The number of carboxylic acid groups (broad SMARTS) is 1. The van der Waals surface area contributed by atoms with Crippen molar-refractivity contribution in [1.82, 2.24) is 5.32 Å². The fourth-order valence-corrected chi connectivity index (χ4v) is 4.64. The lowest BCUT2D eigenvalue weighted by atomic mass is 10.0. The number of nitro benzene ring substituents is 1. The van der Waals surface area contributed by atoms with Crippen molar-refractivity contribution < 1.29 is 33.2 Å². The fourth-order valence-electron chi connectivity index (χ4n) is 2.94. The summed E-state index contributed by atoms with van der Waals surface area (Å²) in [5.74, 6) is -1.83. The van der Waals surface area contributed by atoms with Crippen molar-refractivity contribution in [3.05, 3.63) is 75.3 Å². The molecular weight excluding hydrogens is 439 g/mol. The number of nitrogens with zero attached hydrogens (tertiary/aromatic N) is 1. The molecule has 1 atom stereocenters. The Labute approximate surface area is 185 Å². The number of hydrogen-bond acceptors (Lipinski definition) is 7. The third kappa shape index (κ3) is 7.26. The zero-order valence-electron chi connectivity index (χ0n) is 17.7. The number of nitrogens with one attached hydrogen (secondary N) is 1. The van der Waals surface area contributed by atoms with Gasteiger partial charge in [-0.05, 0) is 37.1 Å². The predicted octanol–water partition coefficient (Wildman–Crippen LogP) is 3.79. The van der Waals surface area contributed by atoms with Crippen LogP contribution in [0.4, 0.5) is 5.69 Å².